The van der Waals surface area contributed by atoms with Crippen LogP contribution in [0.3, 0.4) is 0 Å². The standard InChI is InChI=1S/C17H16F3NO2.C2H6/c18-17(19,20)13-6-14(21-9-15(22)10-21)8-16(7-13)23-11-12-4-2-1-3-5-12;1-2/h1-8,15,22H,9-11H2;1-2H3. The molecule has 0 unspecified atom stereocenters. The minimum absolute atomic E-state index is 0.167. The van der Waals surface area contributed by atoms with Crippen molar-refractivity contribution in [3.05, 3.63) is 59.7 Å². The highest BCUT2D eigenvalue weighted by molar-refractivity contribution is 5.56. The van der Waals surface area contributed by atoms with Gasteiger partial charge in [0.25, 0.3) is 0 Å². The van der Waals surface area contributed by atoms with E-state index in [-0.39, 0.29) is 12.4 Å². The van der Waals surface area contributed by atoms with E-state index < -0.39 is 17.8 Å². The topological polar surface area (TPSA) is 32.7 Å². The van der Waals surface area contributed by atoms with Gasteiger partial charge in [-0.1, -0.05) is 44.2 Å². The largest absolute Gasteiger partial charge is 0.489 e. The van der Waals surface area contributed by atoms with Gasteiger partial charge >= 0.3 is 6.18 Å². The van der Waals surface area contributed by atoms with Gasteiger partial charge in [-0.3, -0.25) is 0 Å². The first kappa shape index (κ1) is 19.1. The third kappa shape index (κ3) is 5.13. The lowest BCUT2D eigenvalue weighted by molar-refractivity contribution is -0.137. The highest BCUT2D eigenvalue weighted by atomic mass is 19.4. The second-order valence-corrected chi connectivity index (χ2v) is 5.55. The van der Waals surface area contributed by atoms with E-state index in [1.54, 1.807) is 11.0 Å². The Labute approximate surface area is 145 Å². The Morgan fingerprint density at radius 1 is 1.08 bits per heavy atom. The van der Waals surface area contributed by atoms with Crippen LogP contribution in [0.5, 0.6) is 5.75 Å². The van der Waals surface area contributed by atoms with Gasteiger partial charge in [0.15, 0.2) is 0 Å². The number of rotatable bonds is 4. The van der Waals surface area contributed by atoms with Crippen molar-refractivity contribution >= 4 is 5.69 Å². The number of aliphatic hydroxyl groups is 1. The minimum Gasteiger partial charge on any atom is -0.489 e. The van der Waals surface area contributed by atoms with E-state index in [9.17, 15) is 18.3 Å². The first-order valence-electron chi connectivity index (χ1n) is 8.24. The molecule has 2 aromatic rings. The molecule has 0 saturated carbocycles. The van der Waals surface area contributed by atoms with Crippen LogP contribution in [-0.2, 0) is 12.8 Å². The van der Waals surface area contributed by atoms with E-state index in [0.29, 0.717) is 18.8 Å². The molecular weight excluding hydrogens is 331 g/mol. The summed E-state index contributed by atoms with van der Waals surface area (Å²) in [6.45, 7) is 4.86. The normalized spacial score (nSPS) is 14.4. The van der Waals surface area contributed by atoms with Crippen LogP contribution in [0.4, 0.5) is 18.9 Å². The fraction of sp³-hybridized carbons (Fsp3) is 0.368. The Balaban J connectivity index is 0.00000109. The Kier molecular flexibility index (Phi) is 6.31. The van der Waals surface area contributed by atoms with Crippen molar-refractivity contribution in [1.29, 1.82) is 0 Å². The number of hydrogen-bond acceptors (Lipinski definition) is 3. The summed E-state index contributed by atoms with van der Waals surface area (Å²) in [6.07, 6.45) is -4.93. The number of alkyl halides is 3. The number of β-amino-alcohol motifs (C(OH)–C–C–N with tert-alkyl or cyclic N) is 1. The molecule has 1 saturated heterocycles. The maximum atomic E-state index is 13.0. The summed E-state index contributed by atoms with van der Waals surface area (Å²) in [5, 5.41) is 9.34. The first-order chi connectivity index (χ1) is 11.9. The highest BCUT2D eigenvalue weighted by Crippen LogP contribution is 2.36. The Hall–Kier alpha value is -2.21. The van der Waals surface area contributed by atoms with Crippen LogP contribution in [0, 0.1) is 0 Å². The number of hydrogen-bond donors (Lipinski definition) is 1. The summed E-state index contributed by atoms with van der Waals surface area (Å²) < 4.78 is 44.7. The smallest absolute Gasteiger partial charge is 0.416 e. The molecule has 1 aliphatic rings. The Morgan fingerprint density at radius 2 is 1.72 bits per heavy atom. The minimum atomic E-state index is -4.44. The third-order valence-corrected chi connectivity index (χ3v) is 3.69. The van der Waals surface area contributed by atoms with Crippen molar-refractivity contribution in [2.75, 3.05) is 18.0 Å². The summed E-state index contributed by atoms with van der Waals surface area (Å²) in [5.41, 5.74) is 0.540. The highest BCUT2D eigenvalue weighted by Gasteiger charge is 2.33. The van der Waals surface area contributed by atoms with E-state index in [4.69, 9.17) is 4.74 Å². The molecule has 2 aromatic carbocycles. The van der Waals surface area contributed by atoms with Crippen LogP contribution < -0.4 is 9.64 Å². The van der Waals surface area contributed by atoms with Crippen molar-refractivity contribution in [1.82, 2.24) is 0 Å². The molecule has 1 heterocycles. The lowest BCUT2D eigenvalue weighted by Gasteiger charge is -2.38. The van der Waals surface area contributed by atoms with E-state index in [1.807, 2.05) is 44.2 Å². The summed E-state index contributed by atoms with van der Waals surface area (Å²) >= 11 is 0. The molecule has 136 valence electrons. The Bertz CT molecular complexity index is 668. The molecule has 1 aliphatic heterocycles. The molecule has 0 aliphatic carbocycles. The predicted octanol–water partition coefficient (Wildman–Crippen LogP) is 4.49. The van der Waals surface area contributed by atoms with Crippen LogP contribution >= 0.6 is 0 Å². The van der Waals surface area contributed by atoms with Gasteiger partial charge in [0.05, 0.1) is 11.7 Å². The number of nitrogens with zero attached hydrogens (tertiary/aromatic N) is 1. The van der Waals surface area contributed by atoms with Crippen molar-refractivity contribution in [3.8, 4) is 5.75 Å². The van der Waals surface area contributed by atoms with Gasteiger partial charge in [0, 0.05) is 24.8 Å². The second kappa shape index (κ2) is 8.25. The summed E-state index contributed by atoms with van der Waals surface area (Å²) in [4.78, 5) is 1.69. The van der Waals surface area contributed by atoms with Crippen molar-refractivity contribution in [3.63, 3.8) is 0 Å². The maximum Gasteiger partial charge on any atom is 0.416 e. The predicted molar refractivity (Wildman–Crippen MR) is 91.8 cm³/mol. The summed E-state index contributed by atoms with van der Waals surface area (Å²) in [5.74, 6) is 0.167. The van der Waals surface area contributed by atoms with Crippen LogP contribution in [0.2, 0.25) is 0 Å². The van der Waals surface area contributed by atoms with Crippen molar-refractivity contribution in [2.45, 2.75) is 32.7 Å². The molecule has 0 bridgehead atoms. The number of aliphatic hydroxyl groups excluding tert-OH is 1. The molecule has 3 nitrogen and oxygen atoms in total. The van der Waals surface area contributed by atoms with Gasteiger partial charge in [0.1, 0.15) is 12.4 Å². The molecule has 0 amide bonds. The number of ether oxygens (including phenoxy) is 1. The quantitative estimate of drug-likeness (QED) is 0.879. The zero-order valence-corrected chi connectivity index (χ0v) is 14.3. The molecule has 1 fully saturated rings. The van der Waals surface area contributed by atoms with Crippen molar-refractivity contribution < 1.29 is 23.0 Å². The zero-order valence-electron chi connectivity index (χ0n) is 14.3. The van der Waals surface area contributed by atoms with Crippen molar-refractivity contribution in [2.24, 2.45) is 0 Å². The van der Waals surface area contributed by atoms with Crippen LogP contribution in [-0.4, -0.2) is 24.3 Å². The molecular formula is C19H22F3NO2. The SMILES string of the molecule is CC.OC1CN(c2cc(OCc3ccccc3)cc(C(F)(F)F)c2)C1. The van der Waals surface area contributed by atoms with Crippen LogP contribution in [0.1, 0.15) is 25.0 Å². The number of benzene rings is 2. The van der Waals surface area contributed by atoms with Gasteiger partial charge in [0.2, 0.25) is 0 Å². The zero-order chi connectivity index (χ0) is 18.4. The first-order valence-corrected chi connectivity index (χ1v) is 8.24. The van der Waals surface area contributed by atoms with Gasteiger partial charge in [-0.2, -0.15) is 13.2 Å². The van der Waals surface area contributed by atoms with Gasteiger partial charge < -0.3 is 14.7 Å². The van der Waals surface area contributed by atoms with E-state index >= 15 is 0 Å². The monoisotopic (exact) mass is 353 g/mol. The lowest BCUT2D eigenvalue weighted by Crippen LogP contribution is -2.50. The number of anilines is 1. The fourth-order valence-corrected chi connectivity index (χ4v) is 2.42. The molecule has 1 N–H and O–H groups in total. The molecule has 0 radical (unpaired) electrons. The van der Waals surface area contributed by atoms with Gasteiger partial charge in [-0.05, 0) is 17.7 Å². The van der Waals surface area contributed by atoms with Crippen LogP contribution in [0.15, 0.2) is 48.5 Å². The van der Waals surface area contributed by atoms with E-state index in [1.165, 1.54) is 0 Å². The van der Waals surface area contributed by atoms with Crippen LogP contribution in [0.25, 0.3) is 0 Å². The summed E-state index contributed by atoms with van der Waals surface area (Å²) in [7, 11) is 0. The molecule has 6 heteroatoms. The summed E-state index contributed by atoms with van der Waals surface area (Å²) in [6, 6.07) is 12.9. The maximum absolute atomic E-state index is 13.0. The molecule has 3 rings (SSSR count). The molecule has 0 spiro atoms. The third-order valence-electron chi connectivity index (χ3n) is 3.69. The Morgan fingerprint density at radius 3 is 2.28 bits per heavy atom. The molecule has 25 heavy (non-hydrogen) atoms. The van der Waals surface area contributed by atoms with E-state index in [0.717, 1.165) is 17.7 Å². The number of halogens is 3. The average Bonchev–Trinajstić information content (AvgIpc) is 2.59. The molecule has 0 aromatic heterocycles. The molecule has 0 atom stereocenters. The second-order valence-electron chi connectivity index (χ2n) is 5.55. The van der Waals surface area contributed by atoms with E-state index in [2.05, 4.69) is 0 Å². The average molecular weight is 353 g/mol. The van der Waals surface area contributed by atoms with Gasteiger partial charge in [-0.15, -0.1) is 0 Å². The lowest BCUT2D eigenvalue weighted by atomic mass is 10.1. The van der Waals surface area contributed by atoms with Gasteiger partial charge in [-0.25, -0.2) is 0 Å². The fourth-order valence-electron chi connectivity index (χ4n) is 2.42.